The molecular formula is C19H28N2O2. The molecule has 1 rings (SSSR count). The molecule has 1 aromatic rings. The Morgan fingerprint density at radius 3 is 2.30 bits per heavy atom. The summed E-state index contributed by atoms with van der Waals surface area (Å²) in [6.07, 6.45) is 6.65. The molecule has 0 saturated carbocycles. The molecule has 0 radical (unpaired) electrons. The van der Waals surface area contributed by atoms with Crippen molar-refractivity contribution in [1.29, 1.82) is 0 Å². The summed E-state index contributed by atoms with van der Waals surface area (Å²) in [5, 5.41) is 5.69. The van der Waals surface area contributed by atoms with Gasteiger partial charge in [-0.1, -0.05) is 38.8 Å². The number of rotatable bonds is 8. The second-order valence-electron chi connectivity index (χ2n) is 6.37. The van der Waals surface area contributed by atoms with Gasteiger partial charge < -0.3 is 10.6 Å². The molecule has 1 atom stereocenters. The number of amides is 2. The van der Waals surface area contributed by atoms with Gasteiger partial charge in [0.1, 0.15) is 0 Å². The summed E-state index contributed by atoms with van der Waals surface area (Å²) in [6, 6.07) is 7.54. The number of anilines is 1. The number of benzene rings is 1. The largest absolute Gasteiger partial charge is 0.350 e. The summed E-state index contributed by atoms with van der Waals surface area (Å²) in [6.45, 7) is 7.93. The van der Waals surface area contributed by atoms with E-state index in [4.69, 9.17) is 0 Å². The van der Waals surface area contributed by atoms with Crippen molar-refractivity contribution in [2.24, 2.45) is 5.92 Å². The average molecular weight is 316 g/mol. The molecule has 0 spiro atoms. The zero-order chi connectivity index (χ0) is 17.2. The zero-order valence-corrected chi connectivity index (χ0v) is 14.6. The van der Waals surface area contributed by atoms with Gasteiger partial charge in [0.15, 0.2) is 0 Å². The van der Waals surface area contributed by atoms with Crippen LogP contribution in [0, 0.1) is 5.92 Å². The van der Waals surface area contributed by atoms with Crippen molar-refractivity contribution < 1.29 is 9.59 Å². The molecule has 4 nitrogen and oxygen atoms in total. The van der Waals surface area contributed by atoms with E-state index in [1.165, 1.54) is 13.3 Å². The van der Waals surface area contributed by atoms with Gasteiger partial charge in [0.25, 0.3) is 0 Å². The van der Waals surface area contributed by atoms with Crippen LogP contribution in [0.5, 0.6) is 0 Å². The fourth-order valence-electron chi connectivity index (χ4n) is 2.25. The van der Waals surface area contributed by atoms with Crippen LogP contribution in [0.2, 0.25) is 0 Å². The molecule has 0 bridgehead atoms. The fraction of sp³-hybridized carbons (Fsp3) is 0.474. The van der Waals surface area contributed by atoms with Gasteiger partial charge in [-0.25, -0.2) is 0 Å². The molecule has 2 N–H and O–H groups in total. The van der Waals surface area contributed by atoms with E-state index in [1.807, 2.05) is 31.2 Å². The second-order valence-corrected chi connectivity index (χ2v) is 6.37. The summed E-state index contributed by atoms with van der Waals surface area (Å²) in [5.41, 5.74) is 1.67. The molecule has 126 valence electrons. The predicted octanol–water partition coefficient (Wildman–Crippen LogP) is 3.99. The first-order valence-corrected chi connectivity index (χ1v) is 8.23. The van der Waals surface area contributed by atoms with Crippen LogP contribution in [-0.2, 0) is 9.59 Å². The van der Waals surface area contributed by atoms with Crippen LogP contribution < -0.4 is 10.6 Å². The Balaban J connectivity index is 2.40. The summed E-state index contributed by atoms with van der Waals surface area (Å²) in [5.74, 6) is 0.533. The molecule has 23 heavy (non-hydrogen) atoms. The van der Waals surface area contributed by atoms with Gasteiger partial charge >= 0.3 is 0 Å². The van der Waals surface area contributed by atoms with E-state index < -0.39 is 0 Å². The Morgan fingerprint density at radius 1 is 1.09 bits per heavy atom. The van der Waals surface area contributed by atoms with E-state index in [0.29, 0.717) is 5.92 Å². The van der Waals surface area contributed by atoms with Crippen LogP contribution in [0.4, 0.5) is 5.69 Å². The van der Waals surface area contributed by atoms with Gasteiger partial charge in [-0.05, 0) is 43.0 Å². The number of hydrogen-bond acceptors (Lipinski definition) is 2. The number of carbonyl (C=O) groups excluding carboxylic acids is 2. The van der Waals surface area contributed by atoms with E-state index in [2.05, 4.69) is 24.5 Å². The summed E-state index contributed by atoms with van der Waals surface area (Å²) in [4.78, 5) is 22.8. The Kier molecular flexibility index (Phi) is 8.09. The van der Waals surface area contributed by atoms with Crippen molar-refractivity contribution in [2.75, 3.05) is 5.32 Å². The highest BCUT2D eigenvalue weighted by Gasteiger charge is 2.05. The van der Waals surface area contributed by atoms with Crippen molar-refractivity contribution in [3.8, 4) is 0 Å². The van der Waals surface area contributed by atoms with Crippen LogP contribution in [0.15, 0.2) is 30.3 Å². The third kappa shape index (κ3) is 8.81. The van der Waals surface area contributed by atoms with E-state index in [-0.39, 0.29) is 17.9 Å². The molecule has 0 heterocycles. The summed E-state index contributed by atoms with van der Waals surface area (Å²) >= 11 is 0. The van der Waals surface area contributed by atoms with Crippen molar-refractivity contribution in [3.63, 3.8) is 0 Å². The number of carbonyl (C=O) groups is 2. The van der Waals surface area contributed by atoms with Gasteiger partial charge in [-0.15, -0.1) is 0 Å². The van der Waals surface area contributed by atoms with Gasteiger partial charge in [0.05, 0.1) is 0 Å². The molecule has 0 aliphatic rings. The Bertz CT molecular complexity index is 533. The van der Waals surface area contributed by atoms with E-state index in [9.17, 15) is 9.59 Å². The van der Waals surface area contributed by atoms with Gasteiger partial charge in [0, 0.05) is 24.7 Å². The summed E-state index contributed by atoms with van der Waals surface area (Å²) in [7, 11) is 0. The Hall–Kier alpha value is -2.10. The lowest BCUT2D eigenvalue weighted by molar-refractivity contribution is -0.117. The average Bonchev–Trinajstić information content (AvgIpc) is 2.45. The van der Waals surface area contributed by atoms with E-state index >= 15 is 0 Å². The monoisotopic (exact) mass is 316 g/mol. The standard InChI is InChI=1S/C19H28N2O2/c1-14(2)6-5-7-15(3)20-19(23)13-10-17-8-11-18(12-9-17)21-16(4)22/h8-15H,5-7H2,1-4H3,(H,20,23)(H,21,22)/b13-10+. The lowest BCUT2D eigenvalue weighted by atomic mass is 10.0. The van der Waals surface area contributed by atoms with Crippen LogP contribution in [0.25, 0.3) is 6.08 Å². The van der Waals surface area contributed by atoms with E-state index in [1.54, 1.807) is 12.2 Å². The maximum absolute atomic E-state index is 11.9. The molecule has 1 unspecified atom stereocenters. The maximum atomic E-state index is 11.9. The smallest absolute Gasteiger partial charge is 0.244 e. The van der Waals surface area contributed by atoms with Gasteiger partial charge in [-0.2, -0.15) is 0 Å². The van der Waals surface area contributed by atoms with Crippen molar-refractivity contribution >= 4 is 23.6 Å². The SMILES string of the molecule is CC(=O)Nc1ccc(/C=C/C(=O)NC(C)CCCC(C)C)cc1. The molecule has 0 aliphatic carbocycles. The molecule has 2 amide bonds. The van der Waals surface area contributed by atoms with Gasteiger partial charge in [-0.3, -0.25) is 9.59 Å². The highest BCUT2D eigenvalue weighted by molar-refractivity contribution is 5.92. The Labute approximate surface area is 139 Å². The predicted molar refractivity (Wildman–Crippen MR) is 96.1 cm³/mol. The fourth-order valence-corrected chi connectivity index (χ4v) is 2.25. The van der Waals surface area contributed by atoms with Crippen molar-refractivity contribution in [2.45, 2.75) is 53.0 Å². The zero-order valence-electron chi connectivity index (χ0n) is 14.6. The minimum Gasteiger partial charge on any atom is -0.350 e. The molecule has 0 aromatic heterocycles. The topological polar surface area (TPSA) is 58.2 Å². The molecule has 1 aromatic carbocycles. The third-order valence-electron chi connectivity index (χ3n) is 3.47. The van der Waals surface area contributed by atoms with Crippen LogP contribution in [-0.4, -0.2) is 17.9 Å². The van der Waals surface area contributed by atoms with E-state index in [0.717, 1.165) is 24.1 Å². The minimum absolute atomic E-state index is 0.0759. The van der Waals surface area contributed by atoms with Crippen LogP contribution in [0.1, 0.15) is 52.5 Å². The quantitative estimate of drug-likeness (QED) is 0.712. The molecule has 0 aliphatic heterocycles. The normalized spacial score (nSPS) is 12.4. The minimum atomic E-state index is -0.0980. The number of nitrogens with one attached hydrogen (secondary N) is 2. The molecule has 0 fully saturated rings. The lowest BCUT2D eigenvalue weighted by Gasteiger charge is -2.13. The van der Waals surface area contributed by atoms with Gasteiger partial charge in [0.2, 0.25) is 11.8 Å². The summed E-state index contributed by atoms with van der Waals surface area (Å²) < 4.78 is 0. The highest BCUT2D eigenvalue weighted by atomic mass is 16.2. The first-order valence-electron chi connectivity index (χ1n) is 8.23. The van der Waals surface area contributed by atoms with Crippen molar-refractivity contribution in [1.82, 2.24) is 5.32 Å². The first-order chi connectivity index (χ1) is 10.9. The first kappa shape index (κ1) is 18.9. The molecular weight excluding hydrogens is 288 g/mol. The third-order valence-corrected chi connectivity index (χ3v) is 3.47. The highest BCUT2D eigenvalue weighted by Crippen LogP contribution is 2.11. The Morgan fingerprint density at radius 2 is 1.74 bits per heavy atom. The number of hydrogen-bond donors (Lipinski definition) is 2. The maximum Gasteiger partial charge on any atom is 0.244 e. The van der Waals surface area contributed by atoms with Crippen LogP contribution >= 0.6 is 0 Å². The van der Waals surface area contributed by atoms with Crippen molar-refractivity contribution in [3.05, 3.63) is 35.9 Å². The second kappa shape index (κ2) is 9.82. The van der Waals surface area contributed by atoms with Crippen LogP contribution in [0.3, 0.4) is 0 Å². The lowest BCUT2D eigenvalue weighted by Crippen LogP contribution is -2.31. The molecule has 0 saturated heterocycles. The molecule has 4 heteroatoms.